The van der Waals surface area contributed by atoms with Crippen LogP contribution in [0.2, 0.25) is 0 Å². The van der Waals surface area contributed by atoms with Gasteiger partial charge in [0.05, 0.1) is 0 Å². The average molecular weight is 338 g/mol. The van der Waals surface area contributed by atoms with Gasteiger partial charge in [-0.2, -0.15) is 0 Å². The van der Waals surface area contributed by atoms with Gasteiger partial charge in [-0.15, -0.1) is 0 Å². The minimum Gasteiger partial charge on any atom is -0.335 e. The Bertz CT molecular complexity index is 416. The van der Waals surface area contributed by atoms with Crippen LogP contribution in [0.3, 0.4) is 0 Å². The Morgan fingerprint density at radius 3 is 2.17 bits per heavy atom. The van der Waals surface area contributed by atoms with Crippen LogP contribution in [-0.2, 0) is 4.79 Å². The van der Waals surface area contributed by atoms with E-state index in [1.807, 2.05) is 6.92 Å². The molecule has 0 N–H and O–H groups in total. The third-order valence-electron chi connectivity index (χ3n) is 5.97. The van der Waals surface area contributed by atoms with Gasteiger partial charge in [0, 0.05) is 18.0 Å². The first-order chi connectivity index (χ1) is 10.8. The van der Waals surface area contributed by atoms with Gasteiger partial charge in [0.25, 0.3) is 0 Å². The lowest BCUT2D eigenvalue weighted by atomic mass is 9.64. The van der Waals surface area contributed by atoms with Gasteiger partial charge in [-0.05, 0) is 56.3 Å². The maximum absolute atomic E-state index is 12.9. The summed E-state index contributed by atoms with van der Waals surface area (Å²) in [6.07, 6.45) is 7.69. The van der Waals surface area contributed by atoms with E-state index >= 15 is 0 Å². The van der Waals surface area contributed by atoms with Crippen LogP contribution in [0.15, 0.2) is 0 Å². The predicted molar refractivity (Wildman–Crippen MR) is 105 cm³/mol. The normalized spacial score (nSPS) is 27.5. The van der Waals surface area contributed by atoms with Crippen LogP contribution in [0, 0.1) is 16.7 Å². The number of hydrogen-bond donors (Lipinski definition) is 0. The molecule has 2 nitrogen and oxygen atoms in total. The number of nitrogens with zero attached hydrogens (tertiary/aromatic N) is 1. The van der Waals surface area contributed by atoms with E-state index in [2.05, 4.69) is 60.3 Å². The van der Waals surface area contributed by atoms with Gasteiger partial charge >= 0.3 is 0 Å². The number of hydrogen-bond acceptors (Lipinski definition) is 1. The number of carbonyl (C=O) groups is 1. The van der Waals surface area contributed by atoms with E-state index in [0.29, 0.717) is 29.7 Å². The van der Waals surface area contributed by atoms with Gasteiger partial charge in [0.15, 0.2) is 0 Å². The Morgan fingerprint density at radius 1 is 1.12 bits per heavy atom. The van der Waals surface area contributed by atoms with Crippen LogP contribution in [0.5, 0.6) is 0 Å². The van der Waals surface area contributed by atoms with Crippen LogP contribution in [0.4, 0.5) is 0 Å². The van der Waals surface area contributed by atoms with Crippen molar-refractivity contribution in [3.63, 3.8) is 0 Å². The van der Waals surface area contributed by atoms with Crippen LogP contribution < -0.4 is 0 Å². The Balaban J connectivity index is 3.29. The fraction of sp³-hybridized carbons (Fsp3) is 0.955. The van der Waals surface area contributed by atoms with Crippen molar-refractivity contribution in [1.29, 1.82) is 0 Å². The summed E-state index contributed by atoms with van der Waals surface area (Å²) in [5, 5.41) is 0. The van der Waals surface area contributed by atoms with Crippen LogP contribution >= 0.6 is 0 Å². The standard InChI is InChI=1S/C22H43NO/c1-10-12-13-18-14-17(20(3,4)5)15-21(6,7)16-22(8,9)23(18)19(24)11-2/h17-18H,10-16H2,1-9H3. The minimum absolute atomic E-state index is 0.0577. The van der Waals surface area contributed by atoms with Crippen molar-refractivity contribution in [3.8, 4) is 0 Å². The zero-order valence-corrected chi connectivity index (χ0v) is 18.0. The molecule has 142 valence electrons. The number of carbonyl (C=O) groups excluding carboxylic acids is 1. The van der Waals surface area contributed by atoms with Crippen molar-refractivity contribution in [2.75, 3.05) is 0 Å². The molecule has 2 heteroatoms. The Hall–Kier alpha value is -0.530. The molecule has 0 bridgehead atoms. The summed E-state index contributed by atoms with van der Waals surface area (Å²) in [7, 11) is 0. The smallest absolute Gasteiger partial charge is 0.222 e. The van der Waals surface area contributed by atoms with Crippen molar-refractivity contribution in [3.05, 3.63) is 0 Å². The molecule has 0 spiro atoms. The lowest BCUT2D eigenvalue weighted by Gasteiger charge is -2.53. The van der Waals surface area contributed by atoms with Crippen LogP contribution in [0.25, 0.3) is 0 Å². The maximum Gasteiger partial charge on any atom is 0.222 e. The first-order valence-corrected chi connectivity index (χ1v) is 10.2. The summed E-state index contributed by atoms with van der Waals surface area (Å²) in [5.41, 5.74) is 0.505. The van der Waals surface area contributed by atoms with E-state index in [9.17, 15) is 4.79 Å². The van der Waals surface area contributed by atoms with E-state index in [0.717, 1.165) is 19.3 Å². The lowest BCUT2D eigenvalue weighted by molar-refractivity contribution is -0.144. The number of rotatable bonds is 4. The Labute approximate surface area is 151 Å². The second-order valence-electron chi connectivity index (χ2n) is 10.6. The van der Waals surface area contributed by atoms with Gasteiger partial charge < -0.3 is 4.90 Å². The third-order valence-corrected chi connectivity index (χ3v) is 5.97. The van der Waals surface area contributed by atoms with E-state index in [1.165, 1.54) is 19.3 Å². The number of likely N-dealkylation sites (tertiary alicyclic amines) is 1. The first kappa shape index (κ1) is 21.5. The molecule has 0 radical (unpaired) electrons. The molecule has 1 fully saturated rings. The number of unbranched alkanes of at least 4 members (excludes halogenated alkanes) is 1. The highest BCUT2D eigenvalue weighted by Gasteiger charge is 2.45. The predicted octanol–water partition coefficient (Wildman–Crippen LogP) is 6.43. The van der Waals surface area contributed by atoms with E-state index in [-0.39, 0.29) is 11.0 Å². The van der Waals surface area contributed by atoms with Gasteiger partial charge in [-0.25, -0.2) is 0 Å². The molecule has 1 aliphatic rings. The molecule has 0 aromatic rings. The third kappa shape index (κ3) is 5.49. The minimum atomic E-state index is -0.0577. The van der Waals surface area contributed by atoms with Crippen LogP contribution in [0.1, 0.15) is 107 Å². The largest absolute Gasteiger partial charge is 0.335 e. The summed E-state index contributed by atoms with van der Waals surface area (Å²) < 4.78 is 0. The van der Waals surface area contributed by atoms with Gasteiger partial charge in [-0.3, -0.25) is 4.79 Å². The Kier molecular flexibility index (Phi) is 6.98. The molecule has 2 unspecified atom stereocenters. The quantitative estimate of drug-likeness (QED) is 0.578. The van der Waals surface area contributed by atoms with E-state index in [4.69, 9.17) is 0 Å². The molecule has 0 aliphatic carbocycles. The summed E-state index contributed by atoms with van der Waals surface area (Å²) >= 11 is 0. The topological polar surface area (TPSA) is 20.3 Å². The molecule has 1 rings (SSSR count). The van der Waals surface area contributed by atoms with Gasteiger partial charge in [0.1, 0.15) is 0 Å². The highest BCUT2D eigenvalue weighted by Crippen LogP contribution is 2.47. The SMILES string of the molecule is CCCCC1CC(C(C)(C)C)CC(C)(C)CC(C)(C)N1C(=O)CC. The summed E-state index contributed by atoms with van der Waals surface area (Å²) in [5.74, 6) is 1.00. The second-order valence-corrected chi connectivity index (χ2v) is 10.6. The monoisotopic (exact) mass is 337 g/mol. The van der Waals surface area contributed by atoms with Crippen molar-refractivity contribution in [2.24, 2.45) is 16.7 Å². The van der Waals surface area contributed by atoms with Gasteiger partial charge in [-0.1, -0.05) is 61.3 Å². The molecule has 1 saturated heterocycles. The molecule has 0 aromatic heterocycles. The van der Waals surface area contributed by atoms with Gasteiger partial charge in [0.2, 0.25) is 5.91 Å². The molecule has 2 atom stereocenters. The first-order valence-electron chi connectivity index (χ1n) is 10.2. The zero-order valence-electron chi connectivity index (χ0n) is 18.0. The van der Waals surface area contributed by atoms with Crippen molar-refractivity contribution >= 4 is 5.91 Å². The summed E-state index contributed by atoms with van der Waals surface area (Å²) in [6.45, 7) is 20.8. The van der Waals surface area contributed by atoms with Crippen molar-refractivity contribution in [1.82, 2.24) is 4.90 Å². The Morgan fingerprint density at radius 2 is 1.71 bits per heavy atom. The fourth-order valence-electron chi connectivity index (χ4n) is 5.06. The molecular weight excluding hydrogens is 294 g/mol. The highest BCUT2D eigenvalue weighted by atomic mass is 16.2. The molecule has 24 heavy (non-hydrogen) atoms. The molecule has 0 aromatic carbocycles. The molecule has 1 heterocycles. The molecule has 0 saturated carbocycles. The van der Waals surface area contributed by atoms with Crippen molar-refractivity contribution < 1.29 is 4.79 Å². The zero-order chi connectivity index (χ0) is 18.8. The summed E-state index contributed by atoms with van der Waals surface area (Å²) in [6, 6.07) is 0.396. The summed E-state index contributed by atoms with van der Waals surface area (Å²) in [4.78, 5) is 15.2. The second kappa shape index (κ2) is 7.79. The maximum atomic E-state index is 12.9. The molecule has 1 aliphatic heterocycles. The van der Waals surface area contributed by atoms with E-state index in [1.54, 1.807) is 0 Å². The lowest BCUT2D eigenvalue weighted by Crippen LogP contribution is -2.57. The van der Waals surface area contributed by atoms with Crippen LogP contribution in [-0.4, -0.2) is 22.4 Å². The molecular formula is C22H43NO. The van der Waals surface area contributed by atoms with E-state index < -0.39 is 0 Å². The van der Waals surface area contributed by atoms with Crippen molar-refractivity contribution in [2.45, 2.75) is 119 Å². The highest BCUT2D eigenvalue weighted by molar-refractivity contribution is 5.77. The molecule has 1 amide bonds. The average Bonchev–Trinajstić information content (AvgIpc) is 2.39. The number of amides is 1. The fourth-order valence-corrected chi connectivity index (χ4v) is 5.06.